The van der Waals surface area contributed by atoms with Gasteiger partial charge in [0.1, 0.15) is 0 Å². The molecule has 1 nitrogen and oxygen atoms in total. The lowest BCUT2D eigenvalue weighted by Crippen LogP contribution is -2.22. The molecular weight excluding hydrogens is 289 g/mol. The Morgan fingerprint density at radius 1 is 0.900 bits per heavy atom. The van der Waals surface area contributed by atoms with E-state index in [0.717, 1.165) is 27.7 Å². The van der Waals surface area contributed by atoms with E-state index in [-0.39, 0.29) is 6.04 Å². The standard InChI is InChI=1S/C17H19Cl2N/c1-4-20-17(13-7-8-15(18)12(3)9-13)14-6-5-11(2)16(19)10-14/h5-10,17,20H,4H2,1-3H3. The first-order valence-electron chi connectivity index (χ1n) is 6.78. The highest BCUT2D eigenvalue weighted by atomic mass is 35.5. The molecule has 3 heteroatoms. The Labute approximate surface area is 130 Å². The highest BCUT2D eigenvalue weighted by molar-refractivity contribution is 6.31. The summed E-state index contributed by atoms with van der Waals surface area (Å²) >= 11 is 12.4. The van der Waals surface area contributed by atoms with Crippen LogP contribution >= 0.6 is 23.2 Å². The first-order valence-corrected chi connectivity index (χ1v) is 7.54. The van der Waals surface area contributed by atoms with Crippen molar-refractivity contribution in [3.63, 3.8) is 0 Å². The molecule has 0 aliphatic heterocycles. The van der Waals surface area contributed by atoms with E-state index in [1.165, 1.54) is 11.1 Å². The van der Waals surface area contributed by atoms with Crippen molar-refractivity contribution in [3.8, 4) is 0 Å². The molecule has 2 rings (SSSR count). The number of hydrogen-bond acceptors (Lipinski definition) is 1. The maximum atomic E-state index is 6.25. The van der Waals surface area contributed by atoms with Crippen LogP contribution < -0.4 is 5.32 Å². The molecule has 0 spiro atoms. The molecule has 0 aliphatic carbocycles. The second kappa shape index (κ2) is 6.62. The van der Waals surface area contributed by atoms with Gasteiger partial charge in [-0.15, -0.1) is 0 Å². The van der Waals surface area contributed by atoms with E-state index in [1.54, 1.807) is 0 Å². The van der Waals surface area contributed by atoms with Crippen LogP contribution in [0.25, 0.3) is 0 Å². The molecule has 0 saturated carbocycles. The highest BCUT2D eigenvalue weighted by Crippen LogP contribution is 2.28. The zero-order chi connectivity index (χ0) is 14.7. The lowest BCUT2D eigenvalue weighted by Gasteiger charge is -2.20. The van der Waals surface area contributed by atoms with Crippen molar-refractivity contribution in [1.82, 2.24) is 5.32 Å². The van der Waals surface area contributed by atoms with Crippen LogP contribution in [0.5, 0.6) is 0 Å². The Morgan fingerprint density at radius 2 is 1.55 bits per heavy atom. The second-order valence-electron chi connectivity index (χ2n) is 5.01. The van der Waals surface area contributed by atoms with E-state index < -0.39 is 0 Å². The van der Waals surface area contributed by atoms with Crippen LogP contribution in [0.4, 0.5) is 0 Å². The first kappa shape index (κ1) is 15.4. The van der Waals surface area contributed by atoms with Crippen LogP contribution in [0.1, 0.15) is 35.2 Å². The smallest absolute Gasteiger partial charge is 0.0577 e. The van der Waals surface area contributed by atoms with E-state index in [9.17, 15) is 0 Å². The quantitative estimate of drug-likeness (QED) is 0.807. The molecule has 0 aliphatic rings. The van der Waals surface area contributed by atoms with Gasteiger partial charge in [-0.2, -0.15) is 0 Å². The SMILES string of the molecule is CCNC(c1ccc(Cl)c(C)c1)c1ccc(C)c(Cl)c1. The van der Waals surface area contributed by atoms with Crippen LogP contribution in [0.2, 0.25) is 10.0 Å². The molecular formula is C17H19Cl2N. The van der Waals surface area contributed by atoms with Gasteiger partial charge in [-0.05, 0) is 54.8 Å². The Balaban J connectivity index is 2.44. The second-order valence-corrected chi connectivity index (χ2v) is 5.82. The Morgan fingerprint density at radius 3 is 2.15 bits per heavy atom. The Hall–Kier alpha value is -1.02. The molecule has 1 unspecified atom stereocenters. The first-order chi connectivity index (χ1) is 9.52. The number of halogens is 2. The van der Waals surface area contributed by atoms with Gasteiger partial charge in [0.05, 0.1) is 6.04 Å². The van der Waals surface area contributed by atoms with E-state index in [1.807, 2.05) is 26.0 Å². The fourth-order valence-electron chi connectivity index (χ4n) is 2.27. The largest absolute Gasteiger partial charge is 0.307 e. The summed E-state index contributed by atoms with van der Waals surface area (Å²) in [6, 6.07) is 12.5. The van der Waals surface area contributed by atoms with Crippen molar-refractivity contribution >= 4 is 23.2 Å². The molecule has 0 aromatic heterocycles. The van der Waals surface area contributed by atoms with Gasteiger partial charge >= 0.3 is 0 Å². The maximum absolute atomic E-state index is 6.25. The predicted molar refractivity (Wildman–Crippen MR) is 87.9 cm³/mol. The molecule has 0 amide bonds. The summed E-state index contributed by atoms with van der Waals surface area (Å²) in [6.07, 6.45) is 0. The molecule has 0 fully saturated rings. The number of nitrogens with one attached hydrogen (secondary N) is 1. The van der Waals surface area contributed by atoms with Crippen molar-refractivity contribution in [2.75, 3.05) is 6.54 Å². The number of rotatable bonds is 4. The zero-order valence-electron chi connectivity index (χ0n) is 12.0. The third kappa shape index (κ3) is 3.35. The van der Waals surface area contributed by atoms with Crippen LogP contribution in [0, 0.1) is 13.8 Å². The van der Waals surface area contributed by atoms with Gasteiger partial charge in [-0.25, -0.2) is 0 Å². The summed E-state index contributed by atoms with van der Waals surface area (Å²) < 4.78 is 0. The summed E-state index contributed by atoms with van der Waals surface area (Å²) in [5, 5.41) is 5.11. The minimum Gasteiger partial charge on any atom is -0.307 e. The van der Waals surface area contributed by atoms with Gasteiger partial charge in [0.25, 0.3) is 0 Å². The van der Waals surface area contributed by atoms with Crippen LogP contribution in [0.3, 0.4) is 0 Å². The third-order valence-electron chi connectivity index (χ3n) is 3.45. The van der Waals surface area contributed by atoms with Gasteiger partial charge in [-0.1, -0.05) is 54.4 Å². The average molecular weight is 308 g/mol. The van der Waals surface area contributed by atoms with E-state index in [4.69, 9.17) is 23.2 Å². The van der Waals surface area contributed by atoms with E-state index >= 15 is 0 Å². The molecule has 2 aromatic carbocycles. The van der Waals surface area contributed by atoms with Crippen LogP contribution in [-0.2, 0) is 0 Å². The minimum absolute atomic E-state index is 0.133. The van der Waals surface area contributed by atoms with E-state index in [0.29, 0.717) is 0 Å². The Bertz CT molecular complexity index is 556. The lowest BCUT2D eigenvalue weighted by molar-refractivity contribution is 0.630. The summed E-state index contributed by atoms with van der Waals surface area (Å²) in [7, 11) is 0. The minimum atomic E-state index is 0.133. The van der Waals surface area contributed by atoms with Gasteiger partial charge in [0.15, 0.2) is 0 Å². The molecule has 1 N–H and O–H groups in total. The highest BCUT2D eigenvalue weighted by Gasteiger charge is 2.14. The van der Waals surface area contributed by atoms with E-state index in [2.05, 4.69) is 36.5 Å². The predicted octanol–water partition coefficient (Wildman–Crippen LogP) is 5.31. The molecule has 2 aromatic rings. The summed E-state index contributed by atoms with van der Waals surface area (Å²) in [6.45, 7) is 7.03. The topological polar surface area (TPSA) is 12.0 Å². The molecule has 0 saturated heterocycles. The van der Waals surface area contributed by atoms with Crippen LogP contribution in [0.15, 0.2) is 36.4 Å². The molecule has 106 valence electrons. The van der Waals surface area contributed by atoms with Crippen molar-refractivity contribution < 1.29 is 0 Å². The third-order valence-corrected chi connectivity index (χ3v) is 4.28. The van der Waals surface area contributed by atoms with Gasteiger partial charge in [0.2, 0.25) is 0 Å². The summed E-state index contributed by atoms with van der Waals surface area (Å²) in [5.41, 5.74) is 4.56. The van der Waals surface area contributed by atoms with Crippen molar-refractivity contribution in [3.05, 3.63) is 68.7 Å². The molecule has 0 radical (unpaired) electrons. The van der Waals surface area contributed by atoms with Gasteiger partial charge in [-0.3, -0.25) is 0 Å². The molecule has 1 atom stereocenters. The summed E-state index contributed by atoms with van der Waals surface area (Å²) in [5.74, 6) is 0. The number of benzene rings is 2. The van der Waals surface area contributed by atoms with Crippen LogP contribution in [-0.4, -0.2) is 6.54 Å². The monoisotopic (exact) mass is 307 g/mol. The zero-order valence-corrected chi connectivity index (χ0v) is 13.5. The molecule has 0 bridgehead atoms. The molecule has 0 heterocycles. The fourth-order valence-corrected chi connectivity index (χ4v) is 2.57. The number of hydrogen-bond donors (Lipinski definition) is 1. The maximum Gasteiger partial charge on any atom is 0.0577 e. The molecule has 20 heavy (non-hydrogen) atoms. The van der Waals surface area contributed by atoms with Gasteiger partial charge in [0, 0.05) is 10.0 Å². The summed E-state index contributed by atoms with van der Waals surface area (Å²) in [4.78, 5) is 0. The van der Waals surface area contributed by atoms with Gasteiger partial charge < -0.3 is 5.32 Å². The number of aryl methyl sites for hydroxylation is 2. The van der Waals surface area contributed by atoms with Crippen molar-refractivity contribution in [2.45, 2.75) is 26.8 Å². The Kier molecular flexibility index (Phi) is 5.09. The normalized spacial score (nSPS) is 12.4. The lowest BCUT2D eigenvalue weighted by atomic mass is 9.96. The van der Waals surface area contributed by atoms with Crippen molar-refractivity contribution in [1.29, 1.82) is 0 Å². The fraction of sp³-hybridized carbons (Fsp3) is 0.294. The average Bonchev–Trinajstić information content (AvgIpc) is 2.43. The van der Waals surface area contributed by atoms with Crippen molar-refractivity contribution in [2.24, 2.45) is 0 Å².